The van der Waals surface area contributed by atoms with E-state index in [2.05, 4.69) is 12.2 Å². The van der Waals surface area contributed by atoms with Crippen LogP contribution in [-0.4, -0.2) is 25.6 Å². The summed E-state index contributed by atoms with van der Waals surface area (Å²) in [6, 6.07) is 8.80. The highest BCUT2D eigenvalue weighted by Gasteiger charge is 2.22. The van der Waals surface area contributed by atoms with Crippen molar-refractivity contribution in [3.05, 3.63) is 45.8 Å². The number of methoxy groups -OCH3 is 1. The number of ether oxygens (including phenoxy) is 2. The molecule has 0 aliphatic heterocycles. The van der Waals surface area contributed by atoms with Gasteiger partial charge in [0.1, 0.15) is 21.7 Å². The fourth-order valence-electron chi connectivity index (χ4n) is 2.24. The molecule has 1 aromatic carbocycles. The second-order valence-corrected chi connectivity index (χ2v) is 6.56. The first-order valence-electron chi connectivity index (χ1n) is 8.17. The fraction of sp³-hybridized carbons (Fsp3) is 0.316. The lowest BCUT2D eigenvalue weighted by Gasteiger charge is -2.07. The molecule has 0 unspecified atom stereocenters. The Hall–Kier alpha value is -2.85. The molecule has 26 heavy (non-hydrogen) atoms. The van der Waals surface area contributed by atoms with Crippen LogP contribution in [0.2, 0.25) is 0 Å². The SMILES string of the molecule is CCCCOc1ccc(C(=O)Nc2sc(C(=O)OC)c(C)c2C#N)cc1. The van der Waals surface area contributed by atoms with Gasteiger partial charge in [0, 0.05) is 5.56 Å². The number of rotatable bonds is 7. The van der Waals surface area contributed by atoms with Gasteiger partial charge < -0.3 is 14.8 Å². The molecule has 6 nitrogen and oxygen atoms in total. The number of thiophene rings is 1. The maximum absolute atomic E-state index is 12.4. The van der Waals surface area contributed by atoms with E-state index >= 15 is 0 Å². The maximum atomic E-state index is 12.4. The number of nitrogens with zero attached hydrogens (tertiary/aromatic N) is 1. The van der Waals surface area contributed by atoms with Gasteiger partial charge in [-0.3, -0.25) is 4.79 Å². The molecule has 1 N–H and O–H groups in total. The van der Waals surface area contributed by atoms with E-state index in [9.17, 15) is 14.9 Å². The van der Waals surface area contributed by atoms with Crippen molar-refractivity contribution >= 4 is 28.2 Å². The summed E-state index contributed by atoms with van der Waals surface area (Å²) in [7, 11) is 1.27. The molecule has 0 bridgehead atoms. The molecule has 1 heterocycles. The van der Waals surface area contributed by atoms with Crippen LogP contribution >= 0.6 is 11.3 Å². The highest BCUT2D eigenvalue weighted by Crippen LogP contribution is 2.33. The minimum absolute atomic E-state index is 0.267. The van der Waals surface area contributed by atoms with Gasteiger partial charge in [-0.15, -0.1) is 11.3 Å². The van der Waals surface area contributed by atoms with Gasteiger partial charge in [0.05, 0.1) is 19.3 Å². The number of unbranched alkanes of at least 4 members (excludes halogenated alkanes) is 1. The Bertz CT molecular complexity index is 834. The molecule has 136 valence electrons. The molecule has 0 radical (unpaired) electrons. The number of hydrogen-bond donors (Lipinski definition) is 1. The van der Waals surface area contributed by atoms with Crippen LogP contribution in [-0.2, 0) is 4.74 Å². The number of nitriles is 1. The van der Waals surface area contributed by atoms with E-state index in [4.69, 9.17) is 9.47 Å². The first-order chi connectivity index (χ1) is 12.5. The third-order valence-corrected chi connectivity index (χ3v) is 4.93. The topological polar surface area (TPSA) is 88.4 Å². The van der Waals surface area contributed by atoms with E-state index < -0.39 is 5.97 Å². The number of hydrogen-bond acceptors (Lipinski definition) is 6. The molecule has 2 rings (SSSR count). The highest BCUT2D eigenvalue weighted by molar-refractivity contribution is 7.18. The van der Waals surface area contributed by atoms with E-state index in [1.807, 2.05) is 6.07 Å². The van der Waals surface area contributed by atoms with Crippen molar-refractivity contribution < 1.29 is 19.1 Å². The van der Waals surface area contributed by atoms with Crippen molar-refractivity contribution in [1.82, 2.24) is 0 Å². The molecule has 7 heteroatoms. The van der Waals surface area contributed by atoms with Crippen LogP contribution < -0.4 is 10.1 Å². The molecule has 0 atom stereocenters. The van der Waals surface area contributed by atoms with Gasteiger partial charge in [-0.25, -0.2) is 4.79 Å². The first kappa shape index (κ1) is 19.5. The predicted octanol–water partition coefficient (Wildman–Crippen LogP) is 4.15. The molecule has 1 aromatic heterocycles. The minimum Gasteiger partial charge on any atom is -0.494 e. The smallest absolute Gasteiger partial charge is 0.348 e. The highest BCUT2D eigenvalue weighted by atomic mass is 32.1. The van der Waals surface area contributed by atoms with Gasteiger partial charge in [0.2, 0.25) is 0 Å². The summed E-state index contributed by atoms with van der Waals surface area (Å²) in [6.07, 6.45) is 2.02. The van der Waals surface area contributed by atoms with Crippen LogP contribution in [0.5, 0.6) is 5.75 Å². The summed E-state index contributed by atoms with van der Waals surface area (Å²) in [6.45, 7) is 4.38. The second-order valence-electron chi connectivity index (χ2n) is 5.54. The molecule has 2 aromatic rings. The van der Waals surface area contributed by atoms with Gasteiger partial charge in [-0.05, 0) is 43.2 Å². The van der Waals surface area contributed by atoms with Crippen LogP contribution in [0, 0.1) is 18.3 Å². The average molecular weight is 372 g/mol. The third kappa shape index (κ3) is 4.41. The van der Waals surface area contributed by atoms with E-state index in [0.717, 1.165) is 24.2 Å². The Morgan fingerprint density at radius 1 is 1.27 bits per heavy atom. The van der Waals surface area contributed by atoms with Gasteiger partial charge in [-0.2, -0.15) is 5.26 Å². The molecule has 0 spiro atoms. The lowest BCUT2D eigenvalue weighted by atomic mass is 10.1. The standard InChI is InChI=1S/C19H20N2O4S/c1-4-5-10-25-14-8-6-13(7-9-14)17(22)21-18-15(11-20)12(2)16(26-18)19(23)24-3/h6-9H,4-5,10H2,1-3H3,(H,21,22). The summed E-state index contributed by atoms with van der Waals surface area (Å²) in [5, 5.41) is 12.4. The van der Waals surface area contributed by atoms with Crippen molar-refractivity contribution in [1.29, 1.82) is 5.26 Å². The Labute approximate surface area is 156 Å². The average Bonchev–Trinajstić information content (AvgIpc) is 2.97. The lowest BCUT2D eigenvalue weighted by molar-refractivity contribution is 0.0605. The Morgan fingerprint density at radius 3 is 2.54 bits per heavy atom. The molecule has 0 saturated carbocycles. The monoisotopic (exact) mass is 372 g/mol. The lowest BCUT2D eigenvalue weighted by Crippen LogP contribution is -2.11. The van der Waals surface area contributed by atoms with Crippen molar-refractivity contribution in [2.24, 2.45) is 0 Å². The Morgan fingerprint density at radius 2 is 1.96 bits per heavy atom. The van der Waals surface area contributed by atoms with Crippen molar-refractivity contribution in [2.45, 2.75) is 26.7 Å². The number of carbonyl (C=O) groups excluding carboxylic acids is 2. The van der Waals surface area contributed by atoms with E-state index in [0.29, 0.717) is 33.4 Å². The Kier molecular flexibility index (Phi) is 6.75. The summed E-state index contributed by atoms with van der Waals surface area (Å²) >= 11 is 1.03. The van der Waals surface area contributed by atoms with Crippen LogP contribution in [0.15, 0.2) is 24.3 Å². The molecule has 0 saturated heterocycles. The summed E-state index contributed by atoms with van der Waals surface area (Å²) < 4.78 is 10.3. The summed E-state index contributed by atoms with van der Waals surface area (Å²) in [4.78, 5) is 24.5. The third-order valence-electron chi connectivity index (χ3n) is 3.74. The largest absolute Gasteiger partial charge is 0.494 e. The van der Waals surface area contributed by atoms with Crippen LogP contribution in [0.25, 0.3) is 0 Å². The minimum atomic E-state index is -0.530. The molecule has 0 fully saturated rings. The molecular formula is C19H20N2O4S. The number of esters is 1. The van der Waals surface area contributed by atoms with E-state index in [1.165, 1.54) is 7.11 Å². The zero-order valence-corrected chi connectivity index (χ0v) is 15.7. The van der Waals surface area contributed by atoms with Gasteiger partial charge in [0.25, 0.3) is 5.91 Å². The Balaban J connectivity index is 2.15. The quantitative estimate of drug-likeness (QED) is 0.583. The molecule has 1 amide bonds. The summed E-state index contributed by atoms with van der Waals surface area (Å²) in [5.41, 5.74) is 1.20. The van der Waals surface area contributed by atoms with Crippen molar-refractivity contribution in [3.8, 4) is 11.8 Å². The molecular weight excluding hydrogens is 352 g/mol. The fourth-order valence-corrected chi connectivity index (χ4v) is 3.31. The van der Waals surface area contributed by atoms with Crippen LogP contribution in [0.4, 0.5) is 5.00 Å². The van der Waals surface area contributed by atoms with Crippen LogP contribution in [0.3, 0.4) is 0 Å². The zero-order valence-electron chi connectivity index (χ0n) is 14.9. The number of amides is 1. The number of carbonyl (C=O) groups is 2. The van der Waals surface area contributed by atoms with Crippen molar-refractivity contribution in [3.63, 3.8) is 0 Å². The number of anilines is 1. The maximum Gasteiger partial charge on any atom is 0.348 e. The second kappa shape index (κ2) is 9.02. The summed E-state index contributed by atoms with van der Waals surface area (Å²) in [5.74, 6) is -0.190. The predicted molar refractivity (Wildman–Crippen MR) is 99.9 cm³/mol. The zero-order chi connectivity index (χ0) is 19.1. The first-order valence-corrected chi connectivity index (χ1v) is 8.99. The van der Waals surface area contributed by atoms with Crippen LogP contribution in [0.1, 0.15) is 50.9 Å². The van der Waals surface area contributed by atoms with Crippen molar-refractivity contribution in [2.75, 3.05) is 19.0 Å². The van der Waals surface area contributed by atoms with E-state index in [-0.39, 0.29) is 11.5 Å². The molecule has 0 aliphatic carbocycles. The van der Waals surface area contributed by atoms with Gasteiger partial charge >= 0.3 is 5.97 Å². The molecule has 0 aliphatic rings. The number of nitrogens with one attached hydrogen (secondary N) is 1. The van der Waals surface area contributed by atoms with E-state index in [1.54, 1.807) is 31.2 Å². The van der Waals surface area contributed by atoms with Gasteiger partial charge in [-0.1, -0.05) is 13.3 Å². The van der Waals surface area contributed by atoms with Gasteiger partial charge in [0.15, 0.2) is 0 Å². The number of benzene rings is 1. The normalized spacial score (nSPS) is 10.1.